The van der Waals surface area contributed by atoms with Crippen LogP contribution in [-0.2, 0) is 9.47 Å². The van der Waals surface area contributed by atoms with Gasteiger partial charge in [0, 0.05) is 19.5 Å². The lowest BCUT2D eigenvalue weighted by molar-refractivity contribution is -0.135. The fourth-order valence-electron chi connectivity index (χ4n) is 3.47. The highest BCUT2D eigenvalue weighted by atomic mass is 19.1. The summed E-state index contributed by atoms with van der Waals surface area (Å²) < 4.78 is 31.2. The Hall–Kier alpha value is -2.37. The second-order valence-corrected chi connectivity index (χ2v) is 8.05. The number of rotatable bonds is 4. The lowest BCUT2D eigenvalue weighted by atomic mass is 10.00. The van der Waals surface area contributed by atoms with Gasteiger partial charge in [-0.2, -0.15) is 5.26 Å². The lowest BCUT2D eigenvalue weighted by Gasteiger charge is -2.47. The number of fused-ring (bicyclic) bond motifs is 2. The second-order valence-electron chi connectivity index (χ2n) is 8.05. The number of nitrogens with zero attached hydrogens (tertiary/aromatic N) is 2. The van der Waals surface area contributed by atoms with Crippen LogP contribution in [0, 0.1) is 17.1 Å². The van der Waals surface area contributed by atoms with Gasteiger partial charge in [-0.05, 0) is 39.0 Å². The van der Waals surface area contributed by atoms with Crippen LogP contribution in [0.1, 0.15) is 32.8 Å². The molecule has 1 amide bonds. The van der Waals surface area contributed by atoms with Crippen molar-refractivity contribution in [1.29, 1.82) is 5.26 Å². The maximum Gasteiger partial charge on any atom is 0.410 e. The second kappa shape index (κ2) is 8.33. The molecule has 0 saturated carbocycles. The van der Waals surface area contributed by atoms with Gasteiger partial charge < -0.3 is 19.5 Å². The Labute approximate surface area is 164 Å². The van der Waals surface area contributed by atoms with Gasteiger partial charge in [0.25, 0.3) is 0 Å². The molecule has 2 saturated heterocycles. The third kappa shape index (κ3) is 4.91. The number of nitrogens with one attached hydrogen (secondary N) is 1. The van der Waals surface area contributed by atoms with Crippen LogP contribution in [0.2, 0.25) is 0 Å². The largest absolute Gasteiger partial charge is 0.490 e. The molecule has 2 heterocycles. The summed E-state index contributed by atoms with van der Waals surface area (Å²) in [5.74, 6) is -0.499. The summed E-state index contributed by atoms with van der Waals surface area (Å²) in [5, 5.41) is 12.1. The van der Waals surface area contributed by atoms with Crippen LogP contribution in [-0.4, -0.2) is 61.1 Å². The van der Waals surface area contributed by atoms with E-state index in [9.17, 15) is 9.18 Å². The highest BCUT2D eigenvalue weighted by Gasteiger charge is 2.42. The predicted octanol–water partition coefficient (Wildman–Crippen LogP) is 2.44. The molecule has 0 radical (unpaired) electrons. The Kier molecular flexibility index (Phi) is 6.06. The minimum atomic E-state index is -0.588. The van der Waals surface area contributed by atoms with Crippen molar-refractivity contribution in [3.63, 3.8) is 0 Å². The van der Waals surface area contributed by atoms with Gasteiger partial charge in [0.1, 0.15) is 5.60 Å². The van der Waals surface area contributed by atoms with E-state index in [1.54, 1.807) is 4.90 Å². The third-order valence-corrected chi connectivity index (χ3v) is 4.67. The fraction of sp³-hybridized carbons (Fsp3) is 0.600. The Bertz CT molecular complexity index is 759. The van der Waals surface area contributed by atoms with Crippen LogP contribution < -0.4 is 10.1 Å². The smallest absolute Gasteiger partial charge is 0.410 e. The van der Waals surface area contributed by atoms with Crippen molar-refractivity contribution in [1.82, 2.24) is 10.2 Å². The minimum absolute atomic E-state index is 0.0700. The summed E-state index contributed by atoms with van der Waals surface area (Å²) in [6.07, 6.45) is -0.145. The van der Waals surface area contributed by atoms with Crippen molar-refractivity contribution in [3.05, 3.63) is 29.6 Å². The maximum absolute atomic E-state index is 14.0. The van der Waals surface area contributed by atoms with Crippen LogP contribution in [0.15, 0.2) is 18.2 Å². The minimum Gasteiger partial charge on any atom is -0.490 e. The number of nitriles is 1. The van der Waals surface area contributed by atoms with E-state index in [1.807, 2.05) is 26.8 Å². The van der Waals surface area contributed by atoms with E-state index in [2.05, 4.69) is 5.32 Å². The molecule has 152 valence electrons. The first-order valence-electron chi connectivity index (χ1n) is 9.45. The average Bonchev–Trinajstić information content (AvgIpc) is 2.63. The SMILES string of the molecule is CC(C)(C)OC(=O)N1CC2CNCC(O2)C1CCOc1ccc(C#N)cc1F. The molecule has 1 N–H and O–H groups in total. The number of amides is 1. The number of morpholine rings is 2. The van der Waals surface area contributed by atoms with Crippen molar-refractivity contribution in [2.75, 3.05) is 26.2 Å². The molecule has 0 aliphatic carbocycles. The number of halogens is 1. The van der Waals surface area contributed by atoms with Crippen LogP contribution in [0.5, 0.6) is 5.75 Å². The molecule has 2 fully saturated rings. The van der Waals surface area contributed by atoms with E-state index in [1.165, 1.54) is 12.1 Å². The van der Waals surface area contributed by atoms with Gasteiger partial charge in [0.05, 0.1) is 43.0 Å². The molecule has 1 aromatic rings. The molecular weight excluding hydrogens is 365 g/mol. The molecule has 2 aliphatic heterocycles. The molecule has 2 aliphatic rings. The molecule has 2 bridgehead atoms. The first kappa shape index (κ1) is 20.4. The molecule has 0 spiro atoms. The molecule has 3 unspecified atom stereocenters. The van der Waals surface area contributed by atoms with Crippen LogP contribution in [0.4, 0.5) is 9.18 Å². The summed E-state index contributed by atoms with van der Waals surface area (Å²) in [5.41, 5.74) is -0.351. The molecule has 1 aromatic carbocycles. The Morgan fingerprint density at radius 3 is 2.89 bits per heavy atom. The van der Waals surface area contributed by atoms with E-state index in [0.29, 0.717) is 26.1 Å². The highest BCUT2D eigenvalue weighted by Crippen LogP contribution is 2.26. The molecular formula is C20H26FN3O4. The Morgan fingerprint density at radius 2 is 2.21 bits per heavy atom. The van der Waals surface area contributed by atoms with E-state index < -0.39 is 11.4 Å². The van der Waals surface area contributed by atoms with Crippen molar-refractivity contribution in [2.24, 2.45) is 0 Å². The predicted molar refractivity (Wildman–Crippen MR) is 99.5 cm³/mol. The number of ether oxygens (including phenoxy) is 3. The zero-order valence-electron chi connectivity index (χ0n) is 16.4. The maximum atomic E-state index is 14.0. The fourth-order valence-corrected chi connectivity index (χ4v) is 3.47. The Balaban J connectivity index is 1.66. The zero-order valence-corrected chi connectivity index (χ0v) is 16.4. The van der Waals surface area contributed by atoms with Gasteiger partial charge in [-0.1, -0.05) is 0 Å². The summed E-state index contributed by atoms with van der Waals surface area (Å²) >= 11 is 0. The van der Waals surface area contributed by atoms with Gasteiger partial charge in [0.2, 0.25) is 0 Å². The van der Waals surface area contributed by atoms with Gasteiger partial charge in [-0.15, -0.1) is 0 Å². The molecule has 3 rings (SSSR count). The average molecular weight is 391 g/mol. The van der Waals surface area contributed by atoms with E-state index >= 15 is 0 Å². The van der Waals surface area contributed by atoms with Gasteiger partial charge in [0.15, 0.2) is 11.6 Å². The molecule has 0 aromatic heterocycles. The van der Waals surface area contributed by atoms with Gasteiger partial charge in [-0.25, -0.2) is 9.18 Å². The summed E-state index contributed by atoms with van der Waals surface area (Å²) in [6, 6.07) is 5.74. The van der Waals surface area contributed by atoms with Crippen molar-refractivity contribution < 1.29 is 23.4 Å². The number of carbonyl (C=O) groups excluding carboxylic acids is 1. The molecule has 3 atom stereocenters. The van der Waals surface area contributed by atoms with Crippen LogP contribution in [0.3, 0.4) is 0 Å². The molecule has 28 heavy (non-hydrogen) atoms. The van der Waals surface area contributed by atoms with Crippen molar-refractivity contribution in [3.8, 4) is 11.8 Å². The number of hydrogen-bond donors (Lipinski definition) is 1. The normalized spacial score (nSPS) is 24.4. The first-order valence-corrected chi connectivity index (χ1v) is 9.45. The van der Waals surface area contributed by atoms with Gasteiger partial charge in [-0.3, -0.25) is 4.90 Å². The third-order valence-electron chi connectivity index (χ3n) is 4.67. The zero-order chi connectivity index (χ0) is 20.3. The Morgan fingerprint density at radius 1 is 1.43 bits per heavy atom. The summed E-state index contributed by atoms with van der Waals surface area (Å²) in [4.78, 5) is 14.4. The van der Waals surface area contributed by atoms with Crippen LogP contribution in [0.25, 0.3) is 0 Å². The standard InChI is InChI=1S/C20H26FN3O4/c1-20(2,3)28-19(25)24-12-14-10-23-11-18(27-14)16(24)6-7-26-17-5-4-13(9-22)8-15(17)21/h4-5,8,14,16,18,23H,6-7,10-12H2,1-3H3. The summed E-state index contributed by atoms with van der Waals surface area (Å²) in [7, 11) is 0. The number of hydrogen-bond acceptors (Lipinski definition) is 6. The first-order chi connectivity index (χ1) is 13.3. The van der Waals surface area contributed by atoms with E-state index in [4.69, 9.17) is 19.5 Å². The van der Waals surface area contributed by atoms with Gasteiger partial charge >= 0.3 is 6.09 Å². The number of benzene rings is 1. The van der Waals surface area contributed by atoms with Crippen molar-refractivity contribution >= 4 is 6.09 Å². The molecule has 7 nitrogen and oxygen atoms in total. The van der Waals surface area contributed by atoms with Crippen molar-refractivity contribution in [2.45, 2.75) is 51.0 Å². The lowest BCUT2D eigenvalue weighted by Crippen LogP contribution is -2.65. The van der Waals surface area contributed by atoms with E-state index in [-0.39, 0.29) is 42.3 Å². The topological polar surface area (TPSA) is 83.8 Å². The highest BCUT2D eigenvalue weighted by molar-refractivity contribution is 5.69. The monoisotopic (exact) mass is 391 g/mol. The number of carbonyl (C=O) groups is 1. The summed E-state index contributed by atoms with van der Waals surface area (Å²) in [6.45, 7) is 7.46. The van der Waals surface area contributed by atoms with Crippen LogP contribution >= 0.6 is 0 Å². The van der Waals surface area contributed by atoms with E-state index in [0.717, 1.165) is 6.07 Å². The quantitative estimate of drug-likeness (QED) is 0.849. The molecule has 8 heteroatoms.